The van der Waals surface area contributed by atoms with Crippen LogP contribution >= 0.6 is 0 Å². The van der Waals surface area contributed by atoms with Crippen molar-refractivity contribution in [3.63, 3.8) is 0 Å². The molecule has 0 bridgehead atoms. The van der Waals surface area contributed by atoms with Crippen LogP contribution in [0.5, 0.6) is 0 Å². The lowest BCUT2D eigenvalue weighted by Gasteiger charge is -2.20. The van der Waals surface area contributed by atoms with E-state index >= 15 is 0 Å². The van der Waals surface area contributed by atoms with Gasteiger partial charge < -0.3 is 10.1 Å². The Kier molecular flexibility index (Phi) is 4.74. The smallest absolute Gasteiger partial charge is 0.225 e. The number of amides is 1. The molecular weight excluding hydrogens is 274 g/mol. The van der Waals surface area contributed by atoms with Gasteiger partial charge in [-0.2, -0.15) is 0 Å². The predicted molar refractivity (Wildman–Crippen MR) is 88.7 cm³/mol. The average molecular weight is 297 g/mol. The third-order valence-corrected chi connectivity index (χ3v) is 4.43. The highest BCUT2D eigenvalue weighted by Gasteiger charge is 2.22. The molecule has 116 valence electrons. The van der Waals surface area contributed by atoms with Crippen molar-refractivity contribution in [2.75, 3.05) is 13.2 Å². The summed E-state index contributed by atoms with van der Waals surface area (Å²) in [4.78, 5) is 12.5. The second-order valence-electron chi connectivity index (χ2n) is 6.07. The van der Waals surface area contributed by atoms with Crippen molar-refractivity contribution in [1.29, 1.82) is 0 Å². The van der Waals surface area contributed by atoms with E-state index in [2.05, 4.69) is 42.6 Å². The Hall–Kier alpha value is -1.87. The summed E-state index contributed by atoms with van der Waals surface area (Å²) in [5.74, 6) is 0.0993. The lowest BCUT2D eigenvalue weighted by Crippen LogP contribution is -2.34. The number of carbonyl (C=O) groups excluding carboxylic acids is 1. The normalized spacial score (nSPS) is 20.3. The van der Waals surface area contributed by atoms with Gasteiger partial charge in [-0.05, 0) is 36.1 Å². The summed E-state index contributed by atoms with van der Waals surface area (Å²) >= 11 is 0. The van der Waals surface area contributed by atoms with Crippen LogP contribution in [0.1, 0.15) is 37.8 Å². The van der Waals surface area contributed by atoms with Crippen molar-refractivity contribution in [3.8, 4) is 0 Å². The molecule has 0 aromatic heterocycles. The van der Waals surface area contributed by atoms with Crippen LogP contribution in [0.25, 0.3) is 10.8 Å². The maximum absolute atomic E-state index is 12.5. The lowest BCUT2D eigenvalue weighted by atomic mass is 9.98. The zero-order chi connectivity index (χ0) is 15.4. The van der Waals surface area contributed by atoms with E-state index < -0.39 is 0 Å². The summed E-state index contributed by atoms with van der Waals surface area (Å²) in [6, 6.07) is 14.5. The van der Waals surface area contributed by atoms with Crippen LogP contribution in [0.15, 0.2) is 42.5 Å². The second kappa shape index (κ2) is 6.93. The van der Waals surface area contributed by atoms with E-state index in [1.54, 1.807) is 0 Å². The molecule has 1 fully saturated rings. The number of rotatable bonds is 3. The number of benzene rings is 2. The fourth-order valence-corrected chi connectivity index (χ4v) is 3.15. The molecule has 3 nitrogen and oxygen atoms in total. The van der Waals surface area contributed by atoms with Crippen molar-refractivity contribution in [1.82, 2.24) is 5.32 Å². The van der Waals surface area contributed by atoms with Crippen LogP contribution in [0, 0.1) is 5.92 Å². The predicted octanol–water partition coefficient (Wildman–Crippen LogP) is 3.83. The Morgan fingerprint density at radius 1 is 1.18 bits per heavy atom. The number of fused-ring (bicyclic) bond motifs is 1. The van der Waals surface area contributed by atoms with Gasteiger partial charge >= 0.3 is 0 Å². The van der Waals surface area contributed by atoms with Gasteiger partial charge in [0.25, 0.3) is 0 Å². The number of carbonyl (C=O) groups is 1. The van der Waals surface area contributed by atoms with Crippen molar-refractivity contribution in [3.05, 3.63) is 48.0 Å². The number of hydrogen-bond acceptors (Lipinski definition) is 2. The molecule has 1 saturated heterocycles. The van der Waals surface area contributed by atoms with E-state index in [0.29, 0.717) is 6.61 Å². The monoisotopic (exact) mass is 297 g/mol. The summed E-state index contributed by atoms with van der Waals surface area (Å²) < 4.78 is 5.52. The SMILES string of the molecule is C[C@H](NC(=O)C1CCCCOC1)c1cccc2ccccc12. The summed E-state index contributed by atoms with van der Waals surface area (Å²) in [5.41, 5.74) is 1.17. The first kappa shape index (κ1) is 15.0. The van der Waals surface area contributed by atoms with Gasteiger partial charge in [0, 0.05) is 6.61 Å². The number of ether oxygens (including phenoxy) is 1. The molecule has 0 spiro atoms. The van der Waals surface area contributed by atoms with Gasteiger partial charge in [-0.25, -0.2) is 0 Å². The van der Waals surface area contributed by atoms with Gasteiger partial charge in [0.05, 0.1) is 18.6 Å². The summed E-state index contributed by atoms with van der Waals surface area (Å²) in [6.45, 7) is 3.38. The zero-order valence-electron chi connectivity index (χ0n) is 13.0. The van der Waals surface area contributed by atoms with Crippen molar-refractivity contribution in [2.45, 2.75) is 32.2 Å². The van der Waals surface area contributed by atoms with Crippen molar-refractivity contribution in [2.24, 2.45) is 5.92 Å². The van der Waals surface area contributed by atoms with E-state index in [-0.39, 0.29) is 17.9 Å². The molecule has 1 unspecified atom stereocenters. The Morgan fingerprint density at radius 3 is 2.91 bits per heavy atom. The minimum atomic E-state index is -0.0140. The van der Waals surface area contributed by atoms with Crippen LogP contribution in [0.4, 0.5) is 0 Å². The van der Waals surface area contributed by atoms with Gasteiger partial charge in [-0.1, -0.05) is 48.9 Å². The van der Waals surface area contributed by atoms with E-state index in [0.717, 1.165) is 25.9 Å². The molecule has 1 aliphatic rings. The highest BCUT2D eigenvalue weighted by molar-refractivity contribution is 5.87. The molecule has 2 aromatic rings. The lowest BCUT2D eigenvalue weighted by molar-refractivity contribution is -0.127. The second-order valence-corrected chi connectivity index (χ2v) is 6.07. The van der Waals surface area contributed by atoms with E-state index in [1.807, 2.05) is 12.1 Å². The Balaban J connectivity index is 1.75. The highest BCUT2D eigenvalue weighted by Crippen LogP contribution is 2.25. The van der Waals surface area contributed by atoms with Gasteiger partial charge in [0.2, 0.25) is 5.91 Å². The quantitative estimate of drug-likeness (QED) is 0.935. The molecule has 1 aliphatic heterocycles. The van der Waals surface area contributed by atoms with Gasteiger partial charge in [0.15, 0.2) is 0 Å². The third kappa shape index (κ3) is 3.30. The first-order valence-electron chi connectivity index (χ1n) is 8.11. The van der Waals surface area contributed by atoms with Crippen LogP contribution in [-0.4, -0.2) is 19.1 Å². The molecule has 0 radical (unpaired) electrons. The minimum Gasteiger partial charge on any atom is -0.381 e. The van der Waals surface area contributed by atoms with Crippen molar-refractivity contribution >= 4 is 16.7 Å². The fourth-order valence-electron chi connectivity index (χ4n) is 3.15. The standard InChI is InChI=1S/C19H23NO2/c1-14(20-19(21)16-8-4-5-12-22-13-16)17-11-6-9-15-7-2-3-10-18(15)17/h2-3,6-7,9-11,14,16H,4-5,8,12-13H2,1H3,(H,20,21)/t14-,16?/m0/s1. The molecule has 1 amide bonds. The van der Waals surface area contributed by atoms with Crippen LogP contribution < -0.4 is 5.32 Å². The fraction of sp³-hybridized carbons (Fsp3) is 0.421. The van der Waals surface area contributed by atoms with Gasteiger partial charge in [-0.3, -0.25) is 4.79 Å². The van der Waals surface area contributed by atoms with E-state index in [9.17, 15) is 4.79 Å². The molecule has 1 N–H and O–H groups in total. The summed E-state index contributed by atoms with van der Waals surface area (Å²) in [5, 5.41) is 5.58. The maximum Gasteiger partial charge on any atom is 0.225 e. The molecule has 2 aromatic carbocycles. The van der Waals surface area contributed by atoms with Gasteiger partial charge in [0.1, 0.15) is 0 Å². The first-order valence-corrected chi connectivity index (χ1v) is 8.11. The van der Waals surface area contributed by atoms with Gasteiger partial charge in [-0.15, -0.1) is 0 Å². The number of nitrogens with one attached hydrogen (secondary N) is 1. The molecule has 3 rings (SSSR count). The molecule has 0 saturated carbocycles. The number of hydrogen-bond donors (Lipinski definition) is 1. The molecule has 22 heavy (non-hydrogen) atoms. The zero-order valence-corrected chi connectivity index (χ0v) is 13.0. The molecule has 3 heteroatoms. The summed E-state index contributed by atoms with van der Waals surface area (Å²) in [6.07, 6.45) is 3.05. The molecule has 1 heterocycles. The average Bonchev–Trinajstić information content (AvgIpc) is 2.83. The van der Waals surface area contributed by atoms with Crippen LogP contribution in [0.2, 0.25) is 0 Å². The minimum absolute atomic E-state index is 0.00172. The topological polar surface area (TPSA) is 38.3 Å². The molecule has 0 aliphatic carbocycles. The Bertz CT molecular complexity index is 639. The molecule has 2 atom stereocenters. The maximum atomic E-state index is 12.5. The van der Waals surface area contributed by atoms with Crippen LogP contribution in [-0.2, 0) is 9.53 Å². The largest absolute Gasteiger partial charge is 0.381 e. The van der Waals surface area contributed by atoms with E-state index in [1.165, 1.54) is 16.3 Å². The van der Waals surface area contributed by atoms with Crippen molar-refractivity contribution < 1.29 is 9.53 Å². The highest BCUT2D eigenvalue weighted by atomic mass is 16.5. The van der Waals surface area contributed by atoms with Crippen LogP contribution in [0.3, 0.4) is 0 Å². The summed E-state index contributed by atoms with van der Waals surface area (Å²) in [7, 11) is 0. The Labute approximate surface area is 131 Å². The Morgan fingerprint density at radius 2 is 2.00 bits per heavy atom. The first-order chi connectivity index (χ1) is 10.8. The third-order valence-electron chi connectivity index (χ3n) is 4.43. The van der Waals surface area contributed by atoms with E-state index in [4.69, 9.17) is 4.74 Å². The molecular formula is C19H23NO2.